The third kappa shape index (κ3) is 5.78. The highest BCUT2D eigenvalue weighted by Crippen LogP contribution is 2.35. The molecule has 0 aliphatic carbocycles. The van der Waals surface area contributed by atoms with E-state index in [2.05, 4.69) is 5.32 Å². The topological polar surface area (TPSA) is 69.7 Å². The van der Waals surface area contributed by atoms with E-state index in [4.69, 9.17) is 23.2 Å². The van der Waals surface area contributed by atoms with E-state index in [0.717, 1.165) is 0 Å². The van der Waals surface area contributed by atoms with Gasteiger partial charge < -0.3 is 10.2 Å². The lowest BCUT2D eigenvalue weighted by molar-refractivity contribution is -0.139. The molecule has 2 aromatic carbocycles. The molecule has 0 radical (unpaired) electrons. The minimum absolute atomic E-state index is 0.0564. The molecule has 0 fully saturated rings. The maximum absolute atomic E-state index is 13.3. The van der Waals surface area contributed by atoms with Gasteiger partial charge in [-0.1, -0.05) is 48.3 Å². The number of benzene rings is 2. The van der Waals surface area contributed by atoms with Crippen LogP contribution in [-0.2, 0) is 20.8 Å². The first-order valence-electron chi connectivity index (χ1n) is 10.0. The van der Waals surface area contributed by atoms with E-state index in [1.807, 2.05) is 0 Å². The summed E-state index contributed by atoms with van der Waals surface area (Å²) in [6, 6.07) is 8.48. The highest BCUT2D eigenvalue weighted by molar-refractivity contribution is 6.35. The number of fused-ring (bicyclic) bond motifs is 1. The van der Waals surface area contributed by atoms with Gasteiger partial charge in [0.25, 0.3) is 11.8 Å². The number of hydrogen-bond acceptors (Lipinski definition) is 3. The summed E-state index contributed by atoms with van der Waals surface area (Å²) < 4.78 is 40.0. The molecule has 0 spiro atoms. The summed E-state index contributed by atoms with van der Waals surface area (Å²) in [5.74, 6) is -2.73. The molecular formula is C22H20Cl2F3N3O3. The fourth-order valence-electron chi connectivity index (χ4n) is 3.55. The van der Waals surface area contributed by atoms with Gasteiger partial charge in [-0.25, -0.2) is 0 Å². The van der Waals surface area contributed by atoms with E-state index < -0.39 is 36.5 Å². The smallest absolute Gasteiger partial charge is 0.336 e. The Labute approximate surface area is 198 Å². The van der Waals surface area contributed by atoms with Gasteiger partial charge in [0.2, 0.25) is 5.91 Å². The zero-order valence-corrected chi connectivity index (χ0v) is 19.0. The average Bonchev–Trinajstić information content (AvgIpc) is 2.81. The monoisotopic (exact) mass is 501 g/mol. The molecule has 1 aliphatic heterocycles. The molecule has 0 aromatic heterocycles. The van der Waals surface area contributed by atoms with Crippen molar-refractivity contribution in [3.8, 4) is 0 Å². The Hall–Kier alpha value is -2.78. The van der Waals surface area contributed by atoms with Crippen LogP contribution in [-0.4, -0.2) is 43.0 Å². The summed E-state index contributed by atoms with van der Waals surface area (Å²) in [5.41, 5.74) is 0.492. The van der Waals surface area contributed by atoms with Gasteiger partial charge >= 0.3 is 6.18 Å². The maximum atomic E-state index is 13.3. The number of halogens is 5. The molecule has 0 bridgehead atoms. The zero-order chi connectivity index (χ0) is 24.3. The standard InChI is InChI=1S/C22H20Cl2F3N3O3/c1-2-9-29-16-5-3-4-6-17(16)30(12-22(25,26)27)21(33)19(20(29)32)28-18(31)10-13-7-8-14(23)11-15(13)24/h3-8,11,19H,2,9-10,12H2,1H3,(H,28,31). The molecule has 3 amide bonds. The van der Waals surface area contributed by atoms with E-state index in [0.29, 0.717) is 21.9 Å². The number of nitrogens with one attached hydrogen (secondary N) is 1. The minimum Gasteiger partial charge on any atom is -0.336 e. The number of nitrogens with zero attached hydrogens (tertiary/aromatic N) is 2. The van der Waals surface area contributed by atoms with Crippen molar-refractivity contribution >= 4 is 52.3 Å². The lowest BCUT2D eigenvalue weighted by Crippen LogP contribution is -2.56. The first-order chi connectivity index (χ1) is 15.5. The molecule has 33 heavy (non-hydrogen) atoms. The van der Waals surface area contributed by atoms with Gasteiger partial charge in [-0.3, -0.25) is 19.3 Å². The molecular weight excluding hydrogens is 482 g/mol. The van der Waals surface area contributed by atoms with E-state index in [1.54, 1.807) is 13.0 Å². The fraction of sp³-hybridized carbons (Fsp3) is 0.318. The first-order valence-corrected chi connectivity index (χ1v) is 10.8. The van der Waals surface area contributed by atoms with Gasteiger partial charge in [-0.05, 0) is 36.2 Å². The third-order valence-electron chi connectivity index (χ3n) is 4.95. The van der Waals surface area contributed by atoms with E-state index in [1.165, 1.54) is 41.3 Å². The van der Waals surface area contributed by atoms with Crippen molar-refractivity contribution in [3.05, 3.63) is 58.1 Å². The van der Waals surface area contributed by atoms with Crippen LogP contribution in [0.3, 0.4) is 0 Å². The Kier molecular flexibility index (Phi) is 7.54. The number of carbonyl (C=O) groups excluding carboxylic acids is 3. The summed E-state index contributed by atoms with van der Waals surface area (Å²) in [6.45, 7) is 0.329. The van der Waals surface area contributed by atoms with Gasteiger partial charge in [0.1, 0.15) is 6.54 Å². The summed E-state index contributed by atoms with van der Waals surface area (Å²) >= 11 is 11.9. The van der Waals surface area contributed by atoms with Gasteiger partial charge in [0, 0.05) is 16.6 Å². The first kappa shape index (κ1) is 24.9. The normalized spacial score (nSPS) is 16.5. The van der Waals surface area contributed by atoms with Gasteiger partial charge in [0.15, 0.2) is 6.04 Å². The van der Waals surface area contributed by atoms with E-state index in [-0.39, 0.29) is 29.4 Å². The van der Waals surface area contributed by atoms with Crippen LogP contribution in [0.25, 0.3) is 0 Å². The van der Waals surface area contributed by atoms with Crippen LogP contribution in [0.15, 0.2) is 42.5 Å². The Morgan fingerprint density at radius 1 is 1.03 bits per heavy atom. The molecule has 6 nitrogen and oxygen atoms in total. The second kappa shape index (κ2) is 10.0. The molecule has 3 rings (SSSR count). The van der Waals surface area contributed by atoms with Crippen LogP contribution < -0.4 is 15.1 Å². The van der Waals surface area contributed by atoms with E-state index >= 15 is 0 Å². The number of hydrogen-bond donors (Lipinski definition) is 1. The van der Waals surface area contributed by atoms with Crippen molar-refractivity contribution in [2.75, 3.05) is 22.9 Å². The zero-order valence-electron chi connectivity index (χ0n) is 17.5. The summed E-state index contributed by atoms with van der Waals surface area (Å²) in [5, 5.41) is 2.87. The predicted molar refractivity (Wildman–Crippen MR) is 120 cm³/mol. The van der Waals surface area contributed by atoms with Crippen molar-refractivity contribution < 1.29 is 27.6 Å². The quantitative estimate of drug-likeness (QED) is 0.597. The molecule has 0 saturated carbocycles. The van der Waals surface area contributed by atoms with Gasteiger partial charge in [0.05, 0.1) is 17.8 Å². The Bertz CT molecular complexity index is 1080. The van der Waals surface area contributed by atoms with Crippen LogP contribution in [0.2, 0.25) is 10.0 Å². The van der Waals surface area contributed by atoms with Crippen molar-refractivity contribution in [2.24, 2.45) is 0 Å². The molecule has 176 valence electrons. The highest BCUT2D eigenvalue weighted by Gasteiger charge is 2.44. The third-order valence-corrected chi connectivity index (χ3v) is 5.53. The number of para-hydroxylation sites is 2. The Morgan fingerprint density at radius 3 is 2.21 bits per heavy atom. The van der Waals surface area contributed by atoms with Crippen LogP contribution in [0.5, 0.6) is 0 Å². The molecule has 11 heteroatoms. The molecule has 0 saturated heterocycles. The number of alkyl halides is 3. The molecule has 1 heterocycles. The largest absolute Gasteiger partial charge is 0.406 e. The summed E-state index contributed by atoms with van der Waals surface area (Å²) in [7, 11) is 0. The highest BCUT2D eigenvalue weighted by atomic mass is 35.5. The maximum Gasteiger partial charge on any atom is 0.406 e. The van der Waals surface area contributed by atoms with Crippen LogP contribution >= 0.6 is 23.2 Å². The minimum atomic E-state index is -4.73. The van der Waals surface area contributed by atoms with E-state index in [9.17, 15) is 27.6 Å². The van der Waals surface area contributed by atoms with Crippen molar-refractivity contribution in [1.29, 1.82) is 0 Å². The Morgan fingerprint density at radius 2 is 1.64 bits per heavy atom. The summed E-state index contributed by atoms with van der Waals surface area (Å²) in [6.07, 6.45) is -4.54. The number of anilines is 2. The lowest BCUT2D eigenvalue weighted by atomic mass is 10.1. The van der Waals surface area contributed by atoms with Crippen LogP contribution in [0.4, 0.5) is 24.5 Å². The van der Waals surface area contributed by atoms with Gasteiger partial charge in [-0.15, -0.1) is 0 Å². The molecule has 1 atom stereocenters. The van der Waals surface area contributed by atoms with Crippen molar-refractivity contribution in [1.82, 2.24) is 5.32 Å². The SMILES string of the molecule is CCCN1C(=O)C(NC(=O)Cc2ccc(Cl)cc2Cl)C(=O)N(CC(F)(F)F)c2ccccc21. The van der Waals surface area contributed by atoms with Crippen molar-refractivity contribution in [2.45, 2.75) is 32.0 Å². The van der Waals surface area contributed by atoms with Crippen LogP contribution in [0.1, 0.15) is 18.9 Å². The van der Waals surface area contributed by atoms with Crippen molar-refractivity contribution in [3.63, 3.8) is 0 Å². The number of rotatable bonds is 6. The fourth-order valence-corrected chi connectivity index (χ4v) is 4.02. The number of carbonyl (C=O) groups is 3. The lowest BCUT2D eigenvalue weighted by Gasteiger charge is -2.26. The predicted octanol–water partition coefficient (Wildman–Crippen LogP) is 4.37. The molecule has 1 aliphatic rings. The van der Waals surface area contributed by atoms with Gasteiger partial charge in [-0.2, -0.15) is 13.2 Å². The molecule has 1 unspecified atom stereocenters. The number of amides is 3. The summed E-state index contributed by atoms with van der Waals surface area (Å²) in [4.78, 5) is 40.8. The second-order valence-corrected chi connectivity index (χ2v) is 8.27. The molecule has 1 N–H and O–H groups in total. The average molecular weight is 502 g/mol. The molecule has 2 aromatic rings. The second-order valence-electron chi connectivity index (χ2n) is 7.43. The Balaban J connectivity index is 1.97. The van der Waals surface area contributed by atoms with Crippen LogP contribution in [0, 0.1) is 0 Å².